The number of hydrogen-bond donors (Lipinski definition) is 0. The number of benzene rings is 1. The Morgan fingerprint density at radius 1 is 1.24 bits per heavy atom. The van der Waals surface area contributed by atoms with Gasteiger partial charge in [-0.3, -0.25) is 9.59 Å². The summed E-state index contributed by atoms with van der Waals surface area (Å²) in [6.07, 6.45) is 16.2. The van der Waals surface area contributed by atoms with Crippen LogP contribution in [-0.2, 0) is 13.0 Å². The van der Waals surface area contributed by atoms with Gasteiger partial charge in [0.1, 0.15) is 5.58 Å². The number of hydrogen-bond acceptors (Lipinski definition) is 3. The number of aromatic nitrogens is 1. The molecule has 1 aromatic carbocycles. The number of fused-ring (bicyclic) bond motifs is 5. The van der Waals surface area contributed by atoms with E-state index in [4.69, 9.17) is 4.42 Å². The molecular weight excluding hydrogens is 422 g/mol. The maximum absolute atomic E-state index is 12.5. The van der Waals surface area contributed by atoms with Crippen molar-refractivity contribution >= 4 is 22.8 Å². The Balaban J connectivity index is 0.000000671. The molecule has 0 radical (unpaired) electrons. The smallest absolute Gasteiger partial charge is 0.193 e. The minimum Gasteiger partial charge on any atom is -0.454 e. The molecule has 4 nitrogen and oxygen atoms in total. The van der Waals surface area contributed by atoms with Crippen LogP contribution in [0, 0.1) is 0 Å². The van der Waals surface area contributed by atoms with E-state index in [2.05, 4.69) is 50.8 Å². The number of para-hydroxylation sites is 1. The average Bonchev–Trinajstić information content (AvgIpc) is 3.26. The zero-order valence-corrected chi connectivity index (χ0v) is 20.6. The molecule has 0 N–H and O–H groups in total. The number of pyridine rings is 1. The summed E-state index contributed by atoms with van der Waals surface area (Å²) < 4.78 is 8.25. The molecule has 0 saturated carbocycles. The van der Waals surface area contributed by atoms with E-state index >= 15 is 0 Å². The molecule has 2 aromatic heterocycles. The van der Waals surface area contributed by atoms with Gasteiger partial charge in [0.2, 0.25) is 0 Å². The van der Waals surface area contributed by atoms with Crippen LogP contribution in [0.5, 0.6) is 0 Å². The molecule has 2 aliphatic rings. The number of aryl methyl sites for hydroxylation is 2. The zero-order valence-electron chi connectivity index (χ0n) is 20.6. The Hall–Kier alpha value is -3.66. The summed E-state index contributed by atoms with van der Waals surface area (Å²) in [5.41, 5.74) is 4.74. The van der Waals surface area contributed by atoms with Crippen LogP contribution in [0.3, 0.4) is 0 Å². The molecule has 4 heteroatoms. The first-order valence-corrected chi connectivity index (χ1v) is 12.1. The van der Waals surface area contributed by atoms with E-state index in [1.807, 2.05) is 36.6 Å². The maximum Gasteiger partial charge on any atom is 0.193 e. The fourth-order valence-corrected chi connectivity index (χ4v) is 4.08. The predicted molar refractivity (Wildman–Crippen MR) is 144 cm³/mol. The summed E-state index contributed by atoms with van der Waals surface area (Å²) in [5.74, 6) is 0.357. The number of carbonyl (C=O) groups is 1. The standard InChI is InChI=1S/C25H19NO3.C3H8.C2H6.H2/c1-2-22(27)20-15-26-12-11-19-18-10-6-9-17(13-16-7-4-3-5-8-16)24(18)29-25(19)21(26)14-23(20)28;1-3-2;1-2;/h2-7,9-10,13-15H,1,8,11-12H2;3H2,1-2H3;1-2H3;1H/b16-13+;;;. The fraction of sp³-hybridized carbons (Fsp3) is 0.267. The minimum atomic E-state index is -0.357. The lowest BCUT2D eigenvalue weighted by molar-refractivity contribution is 0.104. The van der Waals surface area contributed by atoms with E-state index in [1.54, 1.807) is 6.20 Å². The van der Waals surface area contributed by atoms with Gasteiger partial charge in [0.15, 0.2) is 17.0 Å². The molecule has 0 fully saturated rings. The summed E-state index contributed by atoms with van der Waals surface area (Å²) in [7, 11) is 0. The molecule has 178 valence electrons. The molecule has 0 atom stereocenters. The van der Waals surface area contributed by atoms with Crippen molar-refractivity contribution in [2.45, 2.75) is 53.5 Å². The van der Waals surface area contributed by atoms with Gasteiger partial charge >= 0.3 is 0 Å². The Bertz CT molecular complexity index is 1350. The van der Waals surface area contributed by atoms with Crippen LogP contribution in [0.1, 0.15) is 63.4 Å². The molecule has 3 heterocycles. The highest BCUT2D eigenvalue weighted by atomic mass is 16.3. The van der Waals surface area contributed by atoms with Crippen molar-refractivity contribution in [2.24, 2.45) is 0 Å². The van der Waals surface area contributed by atoms with Gasteiger partial charge in [0, 0.05) is 36.7 Å². The van der Waals surface area contributed by atoms with Gasteiger partial charge < -0.3 is 8.98 Å². The first kappa shape index (κ1) is 25.0. The van der Waals surface area contributed by atoms with Gasteiger partial charge in [0.25, 0.3) is 0 Å². The molecule has 0 bridgehead atoms. The maximum atomic E-state index is 12.5. The summed E-state index contributed by atoms with van der Waals surface area (Å²) >= 11 is 0. The van der Waals surface area contributed by atoms with E-state index < -0.39 is 0 Å². The Morgan fingerprint density at radius 3 is 2.68 bits per heavy atom. The normalized spacial score (nSPS) is 14.4. The topological polar surface area (TPSA) is 52.2 Å². The van der Waals surface area contributed by atoms with Crippen molar-refractivity contribution in [2.75, 3.05) is 0 Å². The quantitative estimate of drug-likeness (QED) is 0.298. The summed E-state index contributed by atoms with van der Waals surface area (Å²) in [6.45, 7) is 12.4. The predicted octanol–water partition coefficient (Wildman–Crippen LogP) is 7.77. The van der Waals surface area contributed by atoms with E-state index in [0.717, 1.165) is 34.9 Å². The van der Waals surface area contributed by atoms with E-state index in [1.165, 1.54) is 24.1 Å². The van der Waals surface area contributed by atoms with Gasteiger partial charge in [-0.1, -0.05) is 83.2 Å². The SMILES string of the molecule is C=CC(=O)c1cn2c(cc1=O)-c1oc3c(/C=C4\C=CC=CC4)cccc3c1CC2.CC.CCC.[HH]. The highest BCUT2D eigenvalue weighted by molar-refractivity contribution is 6.04. The van der Waals surface area contributed by atoms with Crippen LogP contribution < -0.4 is 5.43 Å². The van der Waals surface area contributed by atoms with Gasteiger partial charge in [-0.25, -0.2) is 0 Å². The highest BCUT2D eigenvalue weighted by Gasteiger charge is 2.25. The highest BCUT2D eigenvalue weighted by Crippen LogP contribution is 2.38. The van der Waals surface area contributed by atoms with E-state index in [9.17, 15) is 9.59 Å². The summed E-state index contributed by atoms with van der Waals surface area (Å²) in [6, 6.07) is 7.67. The Labute approximate surface area is 203 Å². The van der Waals surface area contributed by atoms with Crippen molar-refractivity contribution in [1.82, 2.24) is 4.57 Å². The third-order valence-corrected chi connectivity index (χ3v) is 5.51. The Morgan fingerprint density at radius 2 is 2.00 bits per heavy atom. The van der Waals surface area contributed by atoms with Crippen molar-refractivity contribution in [3.05, 3.63) is 99.9 Å². The van der Waals surface area contributed by atoms with Gasteiger partial charge in [-0.05, 0) is 30.6 Å². The lowest BCUT2D eigenvalue weighted by atomic mass is 9.98. The van der Waals surface area contributed by atoms with Gasteiger partial charge in [-0.2, -0.15) is 0 Å². The van der Waals surface area contributed by atoms with Crippen LogP contribution in [0.15, 0.2) is 82.2 Å². The van der Waals surface area contributed by atoms with Gasteiger partial charge in [-0.15, -0.1) is 0 Å². The molecule has 0 spiro atoms. The first-order chi connectivity index (χ1) is 16.6. The zero-order chi connectivity index (χ0) is 24.7. The van der Waals surface area contributed by atoms with Crippen molar-refractivity contribution in [3.8, 4) is 11.5 Å². The second-order valence-electron chi connectivity index (χ2n) is 8.00. The van der Waals surface area contributed by atoms with Crippen LogP contribution >= 0.6 is 0 Å². The average molecular weight is 458 g/mol. The van der Waals surface area contributed by atoms with Crippen LogP contribution in [-0.4, -0.2) is 10.4 Å². The fourth-order valence-electron chi connectivity index (χ4n) is 4.08. The number of nitrogens with zero attached hydrogens (tertiary/aromatic N) is 1. The molecule has 0 unspecified atom stereocenters. The van der Waals surface area contributed by atoms with Crippen LogP contribution in [0.2, 0.25) is 0 Å². The molecule has 34 heavy (non-hydrogen) atoms. The van der Waals surface area contributed by atoms with Crippen LogP contribution in [0.25, 0.3) is 28.5 Å². The first-order valence-electron chi connectivity index (χ1n) is 12.1. The largest absolute Gasteiger partial charge is 0.454 e. The third kappa shape index (κ3) is 4.96. The number of allylic oxidation sites excluding steroid dienone is 6. The summed E-state index contributed by atoms with van der Waals surface area (Å²) in [5, 5.41) is 1.08. The molecule has 0 amide bonds. The van der Waals surface area contributed by atoms with E-state index in [0.29, 0.717) is 18.0 Å². The van der Waals surface area contributed by atoms with Gasteiger partial charge in [0.05, 0.1) is 11.3 Å². The number of ketones is 1. The van der Waals surface area contributed by atoms with Crippen molar-refractivity contribution < 1.29 is 10.6 Å². The monoisotopic (exact) mass is 457 g/mol. The van der Waals surface area contributed by atoms with Crippen molar-refractivity contribution in [1.29, 1.82) is 0 Å². The molecule has 3 aromatic rings. The third-order valence-electron chi connectivity index (χ3n) is 5.51. The number of furan rings is 1. The lowest BCUT2D eigenvalue weighted by Crippen LogP contribution is -2.20. The number of rotatable bonds is 3. The molecule has 1 aliphatic heterocycles. The van der Waals surface area contributed by atoms with Crippen LogP contribution in [0.4, 0.5) is 0 Å². The lowest BCUT2D eigenvalue weighted by Gasteiger charge is -2.18. The molecule has 0 saturated heterocycles. The second-order valence-corrected chi connectivity index (χ2v) is 8.00. The minimum absolute atomic E-state index is 0. The molecule has 5 rings (SSSR count). The molecule has 1 aliphatic carbocycles. The summed E-state index contributed by atoms with van der Waals surface area (Å²) in [4.78, 5) is 24.5. The van der Waals surface area contributed by atoms with E-state index in [-0.39, 0.29) is 18.2 Å². The Kier molecular flexibility index (Phi) is 8.42. The number of carbonyl (C=O) groups excluding carboxylic acids is 1. The molecular formula is C30H35NO3. The van der Waals surface area contributed by atoms with Crippen molar-refractivity contribution in [3.63, 3.8) is 0 Å². The second kappa shape index (κ2) is 11.5.